The molecule has 0 atom stereocenters. The van der Waals surface area contributed by atoms with Crippen LogP contribution in [-0.4, -0.2) is 10.9 Å². The van der Waals surface area contributed by atoms with E-state index in [-0.39, 0.29) is 23.5 Å². The van der Waals surface area contributed by atoms with Crippen LogP contribution in [0, 0.1) is 5.82 Å². The molecule has 0 aliphatic heterocycles. The summed E-state index contributed by atoms with van der Waals surface area (Å²) in [5, 5.41) is 9.13. The number of hydrogen-bond acceptors (Lipinski definition) is 2. The SMILES string of the molecule is CCC(=O)c1c(O)cccc1F. The van der Waals surface area contributed by atoms with E-state index in [0.29, 0.717) is 0 Å². The maximum absolute atomic E-state index is 12.9. The molecule has 64 valence electrons. The summed E-state index contributed by atoms with van der Waals surface area (Å²) in [6, 6.07) is 3.81. The number of carbonyl (C=O) groups excluding carboxylic acids is 1. The van der Waals surface area contributed by atoms with Crippen molar-refractivity contribution in [1.29, 1.82) is 0 Å². The van der Waals surface area contributed by atoms with Gasteiger partial charge in [-0.3, -0.25) is 4.79 Å². The maximum Gasteiger partial charge on any atom is 0.169 e. The van der Waals surface area contributed by atoms with Gasteiger partial charge < -0.3 is 5.11 Å². The molecule has 0 aromatic heterocycles. The Morgan fingerprint density at radius 3 is 2.75 bits per heavy atom. The largest absolute Gasteiger partial charge is 0.507 e. The van der Waals surface area contributed by atoms with Crippen LogP contribution in [0.2, 0.25) is 0 Å². The normalized spacial score (nSPS) is 9.83. The van der Waals surface area contributed by atoms with E-state index >= 15 is 0 Å². The Hall–Kier alpha value is -1.38. The molecule has 2 nitrogen and oxygen atoms in total. The van der Waals surface area contributed by atoms with Gasteiger partial charge in [0.15, 0.2) is 5.78 Å². The zero-order chi connectivity index (χ0) is 9.14. The van der Waals surface area contributed by atoms with Crippen molar-refractivity contribution in [3.63, 3.8) is 0 Å². The first kappa shape index (κ1) is 8.71. The monoisotopic (exact) mass is 168 g/mol. The summed E-state index contributed by atoms with van der Waals surface area (Å²) in [5.41, 5.74) is -0.208. The standard InChI is InChI=1S/C9H9FO2/c1-2-7(11)9-6(10)4-3-5-8(9)12/h3-5,12H,2H2,1H3. The maximum atomic E-state index is 12.9. The molecule has 0 radical (unpaired) electrons. The number of phenolic OH excluding ortho intramolecular Hbond substituents is 1. The van der Waals surface area contributed by atoms with E-state index in [9.17, 15) is 9.18 Å². The van der Waals surface area contributed by atoms with Gasteiger partial charge >= 0.3 is 0 Å². The highest BCUT2D eigenvalue weighted by Gasteiger charge is 2.13. The summed E-state index contributed by atoms with van der Waals surface area (Å²) in [6.07, 6.45) is 0.189. The van der Waals surface area contributed by atoms with Crippen LogP contribution in [0.4, 0.5) is 4.39 Å². The second-order valence-electron chi connectivity index (χ2n) is 2.41. The van der Waals surface area contributed by atoms with Gasteiger partial charge in [0, 0.05) is 6.42 Å². The summed E-state index contributed by atoms with van der Waals surface area (Å²) >= 11 is 0. The molecule has 0 spiro atoms. The fourth-order valence-electron chi connectivity index (χ4n) is 0.966. The van der Waals surface area contributed by atoms with Crippen molar-refractivity contribution in [1.82, 2.24) is 0 Å². The summed E-state index contributed by atoms with van der Waals surface area (Å²) in [4.78, 5) is 11.1. The second-order valence-corrected chi connectivity index (χ2v) is 2.41. The number of rotatable bonds is 2. The predicted molar refractivity (Wildman–Crippen MR) is 42.7 cm³/mol. The number of ketones is 1. The van der Waals surface area contributed by atoms with E-state index in [1.165, 1.54) is 12.1 Å². The van der Waals surface area contributed by atoms with Crippen molar-refractivity contribution in [3.8, 4) is 5.75 Å². The lowest BCUT2D eigenvalue weighted by atomic mass is 10.1. The Morgan fingerprint density at radius 2 is 2.25 bits per heavy atom. The van der Waals surface area contributed by atoms with Crippen LogP contribution >= 0.6 is 0 Å². The van der Waals surface area contributed by atoms with Gasteiger partial charge in [-0.15, -0.1) is 0 Å². The molecule has 0 saturated heterocycles. The van der Waals surface area contributed by atoms with Crippen LogP contribution < -0.4 is 0 Å². The molecule has 0 saturated carbocycles. The van der Waals surface area contributed by atoms with Crippen LogP contribution in [0.15, 0.2) is 18.2 Å². The Morgan fingerprint density at radius 1 is 1.58 bits per heavy atom. The third-order valence-electron chi connectivity index (χ3n) is 1.59. The lowest BCUT2D eigenvalue weighted by Gasteiger charge is -2.01. The minimum Gasteiger partial charge on any atom is -0.507 e. The quantitative estimate of drug-likeness (QED) is 0.687. The fraction of sp³-hybridized carbons (Fsp3) is 0.222. The molecule has 1 rings (SSSR count). The highest BCUT2D eigenvalue weighted by atomic mass is 19.1. The highest BCUT2D eigenvalue weighted by molar-refractivity contribution is 5.98. The molecule has 0 amide bonds. The molecule has 0 unspecified atom stereocenters. The Bertz CT molecular complexity index is 287. The van der Waals surface area contributed by atoms with Crippen molar-refractivity contribution in [2.45, 2.75) is 13.3 Å². The molecule has 1 aromatic carbocycles. The number of aromatic hydroxyl groups is 1. The zero-order valence-corrected chi connectivity index (χ0v) is 6.67. The summed E-state index contributed by atoms with van der Waals surface area (Å²) in [7, 11) is 0. The van der Waals surface area contributed by atoms with E-state index in [0.717, 1.165) is 6.07 Å². The fourth-order valence-corrected chi connectivity index (χ4v) is 0.966. The van der Waals surface area contributed by atoms with Gasteiger partial charge in [0.2, 0.25) is 0 Å². The van der Waals surface area contributed by atoms with E-state index in [2.05, 4.69) is 0 Å². The lowest BCUT2D eigenvalue weighted by Crippen LogP contribution is -2.00. The van der Waals surface area contributed by atoms with E-state index in [4.69, 9.17) is 5.11 Å². The Labute approximate surface area is 69.6 Å². The van der Waals surface area contributed by atoms with Gasteiger partial charge in [0.1, 0.15) is 11.6 Å². The van der Waals surface area contributed by atoms with Crippen LogP contribution in [0.3, 0.4) is 0 Å². The number of Topliss-reactive ketones (excluding diaryl/α,β-unsaturated/α-hetero) is 1. The second kappa shape index (κ2) is 3.34. The Balaban J connectivity index is 3.21. The van der Waals surface area contributed by atoms with E-state index < -0.39 is 5.82 Å². The van der Waals surface area contributed by atoms with Crippen molar-refractivity contribution in [2.75, 3.05) is 0 Å². The minimum atomic E-state index is -0.665. The Kier molecular flexibility index (Phi) is 2.43. The summed E-state index contributed by atoms with van der Waals surface area (Å²) in [5.74, 6) is -1.34. The number of hydrogen-bond donors (Lipinski definition) is 1. The van der Waals surface area contributed by atoms with Gasteiger partial charge in [-0.2, -0.15) is 0 Å². The molecular weight excluding hydrogens is 159 g/mol. The molecule has 0 fully saturated rings. The third kappa shape index (κ3) is 1.44. The first-order valence-corrected chi connectivity index (χ1v) is 3.67. The molecule has 3 heteroatoms. The number of phenols is 1. The van der Waals surface area contributed by atoms with Crippen molar-refractivity contribution in [2.24, 2.45) is 0 Å². The zero-order valence-electron chi connectivity index (χ0n) is 6.67. The number of benzene rings is 1. The van der Waals surface area contributed by atoms with Crippen LogP contribution in [0.5, 0.6) is 5.75 Å². The van der Waals surface area contributed by atoms with E-state index in [1.807, 2.05) is 0 Å². The van der Waals surface area contributed by atoms with Crippen LogP contribution in [0.1, 0.15) is 23.7 Å². The summed E-state index contributed by atoms with van der Waals surface area (Å²) in [6.45, 7) is 1.62. The molecule has 0 aliphatic carbocycles. The number of halogens is 1. The third-order valence-corrected chi connectivity index (χ3v) is 1.59. The molecule has 0 heterocycles. The van der Waals surface area contributed by atoms with Crippen molar-refractivity contribution in [3.05, 3.63) is 29.6 Å². The summed E-state index contributed by atoms with van der Waals surface area (Å²) < 4.78 is 12.9. The minimum absolute atomic E-state index is 0.189. The molecule has 0 aliphatic rings. The molecular formula is C9H9FO2. The van der Waals surface area contributed by atoms with Crippen LogP contribution in [-0.2, 0) is 0 Å². The van der Waals surface area contributed by atoms with Gasteiger partial charge in [0.25, 0.3) is 0 Å². The van der Waals surface area contributed by atoms with Gasteiger partial charge in [-0.05, 0) is 12.1 Å². The van der Waals surface area contributed by atoms with Gasteiger partial charge in [-0.25, -0.2) is 4.39 Å². The van der Waals surface area contributed by atoms with Crippen molar-refractivity contribution < 1.29 is 14.3 Å². The first-order chi connectivity index (χ1) is 5.66. The smallest absolute Gasteiger partial charge is 0.169 e. The average Bonchev–Trinajstić information content (AvgIpc) is 2.03. The lowest BCUT2D eigenvalue weighted by molar-refractivity contribution is 0.0981. The predicted octanol–water partition coefficient (Wildman–Crippen LogP) is 2.12. The molecule has 1 aromatic rings. The molecule has 0 bridgehead atoms. The molecule has 1 N–H and O–H groups in total. The van der Waals surface area contributed by atoms with Gasteiger partial charge in [-0.1, -0.05) is 13.0 Å². The first-order valence-electron chi connectivity index (χ1n) is 3.67. The number of carbonyl (C=O) groups is 1. The topological polar surface area (TPSA) is 37.3 Å². The average molecular weight is 168 g/mol. The molecule has 12 heavy (non-hydrogen) atoms. The van der Waals surface area contributed by atoms with Gasteiger partial charge in [0.05, 0.1) is 5.56 Å². The van der Waals surface area contributed by atoms with E-state index in [1.54, 1.807) is 6.92 Å². The van der Waals surface area contributed by atoms with Crippen LogP contribution in [0.25, 0.3) is 0 Å². The highest BCUT2D eigenvalue weighted by Crippen LogP contribution is 2.20. The van der Waals surface area contributed by atoms with Crippen molar-refractivity contribution >= 4 is 5.78 Å².